The fraction of sp³-hybridized carbons (Fsp3) is 0.222. The molecule has 2 atom stereocenters. The first-order valence-electron chi connectivity index (χ1n) is 12.1. The van der Waals surface area contributed by atoms with Gasteiger partial charge in [-0.05, 0) is 42.8 Å². The van der Waals surface area contributed by atoms with Crippen molar-refractivity contribution in [2.75, 3.05) is 18.8 Å². The Morgan fingerprint density at radius 1 is 1.12 bits per heavy atom. The van der Waals surface area contributed by atoms with E-state index < -0.39 is 59.2 Å². The number of alkyl halides is 4. The van der Waals surface area contributed by atoms with E-state index in [1.54, 1.807) is 13.0 Å². The number of hydrogen-bond acceptors (Lipinski definition) is 6. The number of nitrogen functional groups attached to an aromatic ring is 1. The van der Waals surface area contributed by atoms with Gasteiger partial charge in [-0.1, -0.05) is 12.1 Å². The Morgan fingerprint density at radius 3 is 2.59 bits per heavy atom. The number of nitrogens with zero attached hydrogens (tertiary/aromatic N) is 5. The van der Waals surface area contributed by atoms with Crippen LogP contribution in [0.2, 0.25) is 0 Å². The normalized spacial score (nSPS) is 17.0. The molecule has 3 N–H and O–H groups in total. The molecule has 0 unspecified atom stereocenters. The van der Waals surface area contributed by atoms with Gasteiger partial charge in [-0.25, -0.2) is 18.3 Å². The van der Waals surface area contributed by atoms with Gasteiger partial charge in [-0.2, -0.15) is 23.5 Å². The molecule has 41 heavy (non-hydrogen) atoms. The highest BCUT2D eigenvalue weighted by atomic mass is 19.4. The highest BCUT2D eigenvalue weighted by Crippen LogP contribution is 2.38. The number of benzene rings is 2. The van der Waals surface area contributed by atoms with Gasteiger partial charge in [0, 0.05) is 17.7 Å². The lowest BCUT2D eigenvalue weighted by Crippen LogP contribution is -2.42. The second-order valence-electron chi connectivity index (χ2n) is 9.49. The van der Waals surface area contributed by atoms with Gasteiger partial charge in [0.15, 0.2) is 5.82 Å². The van der Waals surface area contributed by atoms with Gasteiger partial charge in [0.25, 0.3) is 11.8 Å². The van der Waals surface area contributed by atoms with Gasteiger partial charge in [-0.15, -0.1) is 0 Å². The van der Waals surface area contributed by atoms with E-state index in [2.05, 4.69) is 15.4 Å². The summed E-state index contributed by atoms with van der Waals surface area (Å²) in [5.74, 6) is -2.81. The van der Waals surface area contributed by atoms with Gasteiger partial charge in [-0.3, -0.25) is 9.59 Å². The van der Waals surface area contributed by atoms with Gasteiger partial charge in [0.2, 0.25) is 0 Å². The number of nitriles is 1. The van der Waals surface area contributed by atoms with Crippen molar-refractivity contribution >= 4 is 23.1 Å². The summed E-state index contributed by atoms with van der Waals surface area (Å²) >= 11 is 0. The molecule has 0 spiro atoms. The van der Waals surface area contributed by atoms with Crippen molar-refractivity contribution in [2.24, 2.45) is 0 Å². The number of rotatable bonds is 4. The smallest absolute Gasteiger partial charge is 0.382 e. The molecule has 0 radical (unpaired) electrons. The minimum Gasteiger partial charge on any atom is -0.382 e. The molecule has 1 fully saturated rings. The Bertz CT molecular complexity index is 1740. The second kappa shape index (κ2) is 10.2. The average Bonchev–Trinajstić information content (AvgIpc) is 3.50. The van der Waals surface area contributed by atoms with Crippen molar-refractivity contribution in [2.45, 2.75) is 25.3 Å². The molecule has 2 aromatic carbocycles. The summed E-state index contributed by atoms with van der Waals surface area (Å²) in [6, 6.07) is 9.12. The molecule has 1 aliphatic rings. The zero-order valence-electron chi connectivity index (χ0n) is 21.2. The summed E-state index contributed by atoms with van der Waals surface area (Å²) in [4.78, 5) is 30.7. The second-order valence-corrected chi connectivity index (χ2v) is 9.49. The SMILES string of the molecule is Cc1ccc(-c2cc(C(F)(F)F)c3c(N)ncnn23)cc1C(=O)N[C@@H]1CN(C(=O)c2cc(C#N)ccc2F)C[C@@H]1F. The van der Waals surface area contributed by atoms with Gasteiger partial charge >= 0.3 is 6.18 Å². The van der Waals surface area contributed by atoms with Gasteiger partial charge in [0.1, 0.15) is 23.8 Å². The van der Waals surface area contributed by atoms with E-state index in [0.717, 1.165) is 33.9 Å². The summed E-state index contributed by atoms with van der Waals surface area (Å²) < 4.78 is 71.3. The first-order valence-corrected chi connectivity index (χ1v) is 12.1. The molecule has 2 aromatic heterocycles. The maximum absolute atomic E-state index is 14.9. The van der Waals surface area contributed by atoms with E-state index in [1.165, 1.54) is 24.3 Å². The molecule has 0 saturated carbocycles. The van der Waals surface area contributed by atoms with Crippen LogP contribution in [0.5, 0.6) is 0 Å². The van der Waals surface area contributed by atoms with Gasteiger partial charge in [0.05, 0.1) is 41.0 Å². The van der Waals surface area contributed by atoms with E-state index in [-0.39, 0.29) is 34.7 Å². The third kappa shape index (κ3) is 5.02. The van der Waals surface area contributed by atoms with E-state index in [1.807, 2.05) is 0 Å². The van der Waals surface area contributed by atoms with Crippen LogP contribution in [-0.4, -0.2) is 56.6 Å². The Labute approximate surface area is 229 Å². The molecule has 0 bridgehead atoms. The van der Waals surface area contributed by atoms with Crippen molar-refractivity contribution in [1.29, 1.82) is 5.26 Å². The molecule has 14 heteroatoms. The van der Waals surface area contributed by atoms with Crippen LogP contribution in [0, 0.1) is 24.1 Å². The highest BCUT2D eigenvalue weighted by Gasteiger charge is 2.38. The average molecular weight is 569 g/mol. The molecule has 0 aliphatic carbocycles. The number of likely N-dealkylation sites (tertiary alicyclic amines) is 1. The van der Waals surface area contributed by atoms with Crippen LogP contribution in [0.3, 0.4) is 0 Å². The number of carbonyl (C=O) groups is 2. The molecular weight excluding hydrogens is 549 g/mol. The molecule has 1 saturated heterocycles. The Hall–Kier alpha value is -5.06. The van der Waals surface area contributed by atoms with Crippen LogP contribution in [0.25, 0.3) is 16.8 Å². The van der Waals surface area contributed by atoms with Crippen LogP contribution in [0.15, 0.2) is 48.8 Å². The summed E-state index contributed by atoms with van der Waals surface area (Å²) in [5, 5.41) is 15.5. The van der Waals surface area contributed by atoms with Crippen LogP contribution in [-0.2, 0) is 6.18 Å². The topological polar surface area (TPSA) is 129 Å². The van der Waals surface area contributed by atoms with Crippen LogP contribution in [0.1, 0.15) is 37.4 Å². The number of fused-ring (bicyclic) bond motifs is 1. The quantitative estimate of drug-likeness (QED) is 0.359. The van der Waals surface area contributed by atoms with Crippen LogP contribution >= 0.6 is 0 Å². The lowest BCUT2D eigenvalue weighted by molar-refractivity contribution is -0.136. The molecule has 4 aromatic rings. The lowest BCUT2D eigenvalue weighted by atomic mass is 10.0. The molecular formula is C27H20F5N7O2. The van der Waals surface area contributed by atoms with E-state index >= 15 is 0 Å². The molecule has 5 rings (SSSR count). The molecule has 3 heterocycles. The maximum Gasteiger partial charge on any atom is 0.418 e. The number of nitrogens with two attached hydrogens (primary N) is 1. The van der Waals surface area contributed by atoms with Crippen molar-refractivity contribution in [3.63, 3.8) is 0 Å². The number of nitrogens with one attached hydrogen (secondary N) is 1. The van der Waals surface area contributed by atoms with Crippen LogP contribution < -0.4 is 11.1 Å². The number of halogens is 5. The standard InChI is InChI=1S/C27H20F5N7O2/c1-13-2-4-15(22-8-18(27(30,31)32)23-24(34)35-12-36-39(22)23)7-16(13)25(40)37-21-11-38(10-20(21)29)26(41)17-6-14(9-33)3-5-19(17)28/h2-8,12,20-21H,10-11H2,1H3,(H,37,40)(H2,34,35,36)/t20-,21+/m0/s1. The summed E-state index contributed by atoms with van der Waals surface area (Å²) in [6.07, 6.45) is -5.43. The van der Waals surface area contributed by atoms with Gasteiger partial charge < -0.3 is 16.0 Å². The first kappa shape index (κ1) is 27.5. The Balaban J connectivity index is 1.41. The van der Waals surface area contributed by atoms with Crippen molar-refractivity contribution in [3.8, 4) is 17.3 Å². The van der Waals surface area contributed by atoms with Crippen molar-refractivity contribution < 1.29 is 31.5 Å². The summed E-state index contributed by atoms with van der Waals surface area (Å²) in [6.45, 7) is 0.907. The summed E-state index contributed by atoms with van der Waals surface area (Å²) in [7, 11) is 0. The number of anilines is 1. The number of amides is 2. The number of aryl methyl sites for hydroxylation is 1. The van der Waals surface area contributed by atoms with E-state index in [4.69, 9.17) is 11.0 Å². The number of hydrogen-bond donors (Lipinski definition) is 2. The van der Waals surface area contributed by atoms with Crippen LogP contribution in [0.4, 0.5) is 27.8 Å². The van der Waals surface area contributed by atoms with Crippen molar-refractivity contribution in [3.05, 3.63) is 82.4 Å². The Morgan fingerprint density at radius 2 is 1.88 bits per heavy atom. The van der Waals surface area contributed by atoms with Crippen molar-refractivity contribution in [1.82, 2.24) is 24.8 Å². The number of aromatic nitrogens is 3. The molecule has 1 aliphatic heterocycles. The zero-order chi connectivity index (χ0) is 29.6. The first-order chi connectivity index (χ1) is 19.4. The maximum atomic E-state index is 14.9. The lowest BCUT2D eigenvalue weighted by Gasteiger charge is -2.18. The minimum absolute atomic E-state index is 0.00175. The number of carbonyl (C=O) groups excluding carboxylic acids is 2. The predicted octanol–water partition coefficient (Wildman–Crippen LogP) is 3.91. The predicted molar refractivity (Wildman–Crippen MR) is 136 cm³/mol. The third-order valence-electron chi connectivity index (χ3n) is 6.84. The highest BCUT2D eigenvalue weighted by molar-refractivity contribution is 5.98. The zero-order valence-corrected chi connectivity index (χ0v) is 21.2. The monoisotopic (exact) mass is 569 g/mol. The van der Waals surface area contributed by atoms with E-state index in [0.29, 0.717) is 5.56 Å². The molecule has 9 nitrogen and oxygen atoms in total. The molecule has 210 valence electrons. The fourth-order valence-corrected chi connectivity index (χ4v) is 4.76. The fourth-order valence-electron chi connectivity index (χ4n) is 4.76. The molecule has 2 amide bonds. The third-order valence-corrected chi connectivity index (χ3v) is 6.84. The summed E-state index contributed by atoms with van der Waals surface area (Å²) in [5.41, 5.74) is 4.59. The van der Waals surface area contributed by atoms with E-state index in [9.17, 15) is 31.5 Å². The largest absolute Gasteiger partial charge is 0.418 e. The Kier molecular flexibility index (Phi) is 6.82. The minimum atomic E-state index is -4.76.